The van der Waals surface area contributed by atoms with Gasteiger partial charge in [-0.05, 0) is 26.7 Å². The van der Waals surface area contributed by atoms with Crippen LogP contribution >= 0.6 is 0 Å². The largest absolute Gasteiger partial charge is 0.493 e. The number of amides is 1. The van der Waals surface area contributed by atoms with Gasteiger partial charge in [0, 0.05) is 19.2 Å². The Bertz CT molecular complexity index is 840. The molecule has 10 nitrogen and oxygen atoms in total. The quantitative estimate of drug-likeness (QED) is 0.265. The second-order valence-electron chi connectivity index (χ2n) is 7.90. The third-order valence-electron chi connectivity index (χ3n) is 4.43. The van der Waals surface area contributed by atoms with Crippen molar-refractivity contribution in [1.82, 2.24) is 10.3 Å². The number of hydrogen-bond donors (Lipinski definition) is 1. The summed E-state index contributed by atoms with van der Waals surface area (Å²) in [4.78, 5) is 40.5. The summed E-state index contributed by atoms with van der Waals surface area (Å²) >= 11 is 0. The average Bonchev–Trinajstić information content (AvgIpc) is 2.74. The molecule has 0 spiro atoms. The van der Waals surface area contributed by atoms with Gasteiger partial charge in [0.2, 0.25) is 6.79 Å². The molecule has 0 aliphatic heterocycles. The molecule has 0 unspecified atom stereocenters. The maximum absolute atomic E-state index is 12.8. The molecule has 10 heteroatoms. The van der Waals surface area contributed by atoms with Gasteiger partial charge in [-0.3, -0.25) is 9.59 Å². The van der Waals surface area contributed by atoms with E-state index in [9.17, 15) is 14.4 Å². The molecule has 1 rings (SSSR count). The van der Waals surface area contributed by atoms with Crippen molar-refractivity contribution in [3.63, 3.8) is 0 Å². The highest BCUT2D eigenvalue weighted by Gasteiger charge is 2.29. The van der Waals surface area contributed by atoms with Crippen molar-refractivity contribution in [1.29, 1.82) is 0 Å². The standard InChI is InChI=1S/C23H34N2O8/c1-13(2)11-30-16(6)20(14(3)4)33-23(28)15(5)25-22(27)19-21(32-12-31-17(7)26)18(29-8)9-10-24-19/h9-10,14-16,20H,1,11-12H2,2-8H3,(H,25,27)/t15-,16-,20+/m0/s1. The van der Waals surface area contributed by atoms with Crippen LogP contribution in [-0.4, -0.2) is 61.6 Å². The molecule has 0 aromatic carbocycles. The van der Waals surface area contributed by atoms with Gasteiger partial charge in [-0.1, -0.05) is 26.0 Å². The van der Waals surface area contributed by atoms with Gasteiger partial charge < -0.3 is 29.0 Å². The number of carbonyl (C=O) groups excluding carboxylic acids is 3. The van der Waals surface area contributed by atoms with E-state index in [-0.39, 0.29) is 29.2 Å². The van der Waals surface area contributed by atoms with Crippen LogP contribution in [0.1, 0.15) is 52.0 Å². The minimum atomic E-state index is -0.985. The van der Waals surface area contributed by atoms with Crippen LogP contribution in [0.25, 0.3) is 0 Å². The fraction of sp³-hybridized carbons (Fsp3) is 0.565. The van der Waals surface area contributed by atoms with Gasteiger partial charge in [-0.2, -0.15) is 0 Å². The Morgan fingerprint density at radius 3 is 2.36 bits per heavy atom. The van der Waals surface area contributed by atoms with Crippen molar-refractivity contribution in [2.24, 2.45) is 5.92 Å². The maximum atomic E-state index is 12.8. The lowest BCUT2D eigenvalue weighted by atomic mass is 10.0. The van der Waals surface area contributed by atoms with Crippen LogP contribution in [0.3, 0.4) is 0 Å². The first-order chi connectivity index (χ1) is 15.5. The molecule has 1 amide bonds. The Balaban J connectivity index is 2.90. The van der Waals surface area contributed by atoms with E-state index in [1.807, 2.05) is 27.7 Å². The summed E-state index contributed by atoms with van der Waals surface area (Å²) in [7, 11) is 1.39. The van der Waals surface area contributed by atoms with Crippen molar-refractivity contribution < 1.29 is 38.1 Å². The second-order valence-corrected chi connectivity index (χ2v) is 7.90. The van der Waals surface area contributed by atoms with E-state index in [2.05, 4.69) is 16.9 Å². The summed E-state index contributed by atoms with van der Waals surface area (Å²) in [6.45, 7) is 13.9. The van der Waals surface area contributed by atoms with E-state index in [1.165, 1.54) is 33.2 Å². The topological polar surface area (TPSA) is 122 Å². The molecule has 1 aromatic heterocycles. The Morgan fingerprint density at radius 2 is 1.82 bits per heavy atom. The van der Waals surface area contributed by atoms with E-state index >= 15 is 0 Å². The van der Waals surface area contributed by atoms with Gasteiger partial charge in [0.1, 0.15) is 12.1 Å². The van der Waals surface area contributed by atoms with Crippen LogP contribution in [-0.2, 0) is 23.8 Å². The number of esters is 2. The Hall–Kier alpha value is -3.14. The minimum absolute atomic E-state index is 0.0155. The van der Waals surface area contributed by atoms with Gasteiger partial charge in [-0.25, -0.2) is 9.78 Å². The lowest BCUT2D eigenvalue weighted by Crippen LogP contribution is -2.44. The first-order valence-corrected chi connectivity index (χ1v) is 10.5. The normalized spacial score (nSPS) is 13.5. The lowest BCUT2D eigenvalue weighted by molar-refractivity contribution is -0.162. The molecule has 1 N–H and O–H groups in total. The highest BCUT2D eigenvalue weighted by molar-refractivity contribution is 5.98. The summed E-state index contributed by atoms with van der Waals surface area (Å²) in [6.07, 6.45) is 0.467. The molecular formula is C23H34N2O8. The van der Waals surface area contributed by atoms with Crippen LogP contribution in [0.4, 0.5) is 0 Å². The van der Waals surface area contributed by atoms with Gasteiger partial charge in [-0.15, -0.1) is 0 Å². The van der Waals surface area contributed by atoms with Crippen LogP contribution < -0.4 is 14.8 Å². The molecule has 33 heavy (non-hydrogen) atoms. The number of ether oxygens (including phenoxy) is 5. The second kappa shape index (κ2) is 13.4. The van der Waals surface area contributed by atoms with E-state index in [1.54, 1.807) is 0 Å². The fourth-order valence-corrected chi connectivity index (χ4v) is 2.77. The molecule has 0 saturated carbocycles. The summed E-state index contributed by atoms with van der Waals surface area (Å²) in [5, 5.41) is 2.55. The minimum Gasteiger partial charge on any atom is -0.493 e. The van der Waals surface area contributed by atoms with Crippen molar-refractivity contribution in [3.05, 3.63) is 30.1 Å². The lowest BCUT2D eigenvalue weighted by Gasteiger charge is -2.28. The number of rotatable bonds is 13. The predicted octanol–water partition coefficient (Wildman–Crippen LogP) is 2.66. The van der Waals surface area contributed by atoms with Gasteiger partial charge in [0.25, 0.3) is 5.91 Å². The molecule has 0 radical (unpaired) electrons. The van der Waals surface area contributed by atoms with Crippen molar-refractivity contribution in [2.45, 2.75) is 59.8 Å². The zero-order valence-corrected chi connectivity index (χ0v) is 20.3. The number of hydrogen-bond acceptors (Lipinski definition) is 9. The summed E-state index contributed by atoms with van der Waals surface area (Å²) < 4.78 is 26.7. The monoisotopic (exact) mass is 466 g/mol. The van der Waals surface area contributed by atoms with Gasteiger partial charge >= 0.3 is 11.9 Å². The summed E-state index contributed by atoms with van der Waals surface area (Å²) in [5.41, 5.74) is 0.716. The average molecular weight is 467 g/mol. The van der Waals surface area contributed by atoms with E-state index in [0.717, 1.165) is 5.57 Å². The SMILES string of the molecule is C=C(C)CO[C@@H](C)[C@H](OC(=O)[C@H](C)NC(=O)c1nccc(OC)c1OCOC(C)=O)C(C)C. The van der Waals surface area contributed by atoms with E-state index < -0.39 is 36.8 Å². The van der Waals surface area contributed by atoms with Gasteiger partial charge in [0.15, 0.2) is 17.2 Å². The predicted molar refractivity (Wildman–Crippen MR) is 120 cm³/mol. The number of aromatic nitrogens is 1. The molecule has 0 fully saturated rings. The number of nitrogens with one attached hydrogen (secondary N) is 1. The van der Waals surface area contributed by atoms with Crippen molar-refractivity contribution in [3.8, 4) is 11.5 Å². The van der Waals surface area contributed by atoms with E-state index in [4.69, 9.17) is 23.7 Å². The fourth-order valence-electron chi connectivity index (χ4n) is 2.77. The van der Waals surface area contributed by atoms with Crippen LogP contribution in [0.15, 0.2) is 24.4 Å². The molecule has 184 valence electrons. The van der Waals surface area contributed by atoms with Crippen molar-refractivity contribution >= 4 is 17.8 Å². The molecule has 0 aliphatic rings. The first kappa shape index (κ1) is 27.9. The maximum Gasteiger partial charge on any atom is 0.328 e. The van der Waals surface area contributed by atoms with Crippen molar-refractivity contribution in [2.75, 3.05) is 20.5 Å². The third-order valence-corrected chi connectivity index (χ3v) is 4.43. The molecule has 1 heterocycles. The molecule has 0 bridgehead atoms. The summed E-state index contributed by atoms with van der Waals surface area (Å²) in [5.74, 6) is -1.70. The molecule has 0 saturated heterocycles. The zero-order valence-electron chi connectivity index (χ0n) is 20.3. The highest BCUT2D eigenvalue weighted by atomic mass is 16.7. The van der Waals surface area contributed by atoms with Crippen LogP contribution in [0.2, 0.25) is 0 Å². The molecule has 1 aromatic rings. The Kier molecular flexibility index (Phi) is 11.3. The highest BCUT2D eigenvalue weighted by Crippen LogP contribution is 2.29. The van der Waals surface area contributed by atoms with Crippen LogP contribution in [0, 0.1) is 5.92 Å². The third kappa shape index (κ3) is 9.09. The van der Waals surface area contributed by atoms with Crippen LogP contribution in [0.5, 0.6) is 11.5 Å². The molecule has 0 aliphatic carbocycles. The number of nitrogens with zero attached hydrogens (tertiary/aromatic N) is 1. The molecular weight excluding hydrogens is 432 g/mol. The summed E-state index contributed by atoms with van der Waals surface area (Å²) in [6, 6.07) is 0.498. The number of carbonyl (C=O) groups is 3. The number of methoxy groups -OCH3 is 1. The van der Waals surface area contributed by atoms with E-state index in [0.29, 0.717) is 6.61 Å². The smallest absolute Gasteiger partial charge is 0.328 e. The Labute approximate surface area is 194 Å². The number of pyridine rings is 1. The Morgan fingerprint density at radius 1 is 1.15 bits per heavy atom. The van der Waals surface area contributed by atoms with Gasteiger partial charge in [0.05, 0.1) is 19.8 Å². The first-order valence-electron chi connectivity index (χ1n) is 10.5. The molecule has 3 atom stereocenters. The zero-order chi connectivity index (χ0) is 25.1.